The van der Waals surface area contributed by atoms with E-state index in [0.29, 0.717) is 24.2 Å². The number of para-hydroxylation sites is 2. The van der Waals surface area contributed by atoms with E-state index in [0.717, 1.165) is 43.9 Å². The SMILES string of the molecule is CC1CN(C)c2ccccc2N(C(=O)c2cn(C3CCNCC3)nn2)C1.Cl. The summed E-state index contributed by atoms with van der Waals surface area (Å²) in [7, 11) is 2.08. The van der Waals surface area contributed by atoms with Crippen molar-refractivity contribution in [1.29, 1.82) is 0 Å². The lowest BCUT2D eigenvalue weighted by Gasteiger charge is -2.24. The molecule has 1 saturated heterocycles. The molecule has 4 rings (SSSR count). The monoisotopic (exact) mass is 390 g/mol. The molecule has 146 valence electrons. The average molecular weight is 391 g/mol. The maximum Gasteiger partial charge on any atom is 0.280 e. The molecule has 0 aliphatic carbocycles. The van der Waals surface area contributed by atoms with Crippen molar-refractivity contribution in [1.82, 2.24) is 20.3 Å². The van der Waals surface area contributed by atoms with E-state index >= 15 is 0 Å². The zero-order chi connectivity index (χ0) is 18.1. The Hall–Kier alpha value is -2.12. The lowest BCUT2D eigenvalue weighted by atomic mass is 10.1. The van der Waals surface area contributed by atoms with Crippen LogP contribution in [0, 0.1) is 5.92 Å². The first kappa shape index (κ1) is 19.6. The van der Waals surface area contributed by atoms with Gasteiger partial charge in [-0.25, -0.2) is 4.68 Å². The number of hydrogen-bond donors (Lipinski definition) is 1. The van der Waals surface area contributed by atoms with Crippen LogP contribution < -0.4 is 15.1 Å². The maximum atomic E-state index is 13.2. The molecule has 1 N–H and O–H groups in total. The van der Waals surface area contributed by atoms with Gasteiger partial charge < -0.3 is 15.1 Å². The van der Waals surface area contributed by atoms with Crippen molar-refractivity contribution >= 4 is 29.7 Å². The van der Waals surface area contributed by atoms with Gasteiger partial charge in [-0.05, 0) is 44.0 Å². The summed E-state index contributed by atoms with van der Waals surface area (Å²) >= 11 is 0. The molecule has 1 amide bonds. The molecular weight excluding hydrogens is 364 g/mol. The quantitative estimate of drug-likeness (QED) is 0.852. The minimum absolute atomic E-state index is 0. The first-order chi connectivity index (χ1) is 12.6. The molecule has 0 saturated carbocycles. The number of carbonyl (C=O) groups is 1. The standard InChI is InChI=1S/C19H26N6O.ClH/c1-14-11-23(2)17-5-3-4-6-18(17)24(12-14)19(26)16-13-25(22-21-16)15-7-9-20-10-8-15;/h3-6,13-15,20H,7-12H2,1-2H3;1H. The van der Waals surface area contributed by atoms with Gasteiger partial charge in [-0.15, -0.1) is 17.5 Å². The molecule has 3 heterocycles. The second kappa shape index (κ2) is 8.27. The number of amides is 1. The predicted octanol–water partition coefficient (Wildman–Crippen LogP) is 2.36. The number of aromatic nitrogens is 3. The van der Waals surface area contributed by atoms with E-state index in [2.05, 4.69) is 40.6 Å². The fourth-order valence-corrected chi connectivity index (χ4v) is 4.00. The van der Waals surface area contributed by atoms with Crippen molar-refractivity contribution in [3.8, 4) is 0 Å². The highest BCUT2D eigenvalue weighted by molar-refractivity contribution is 6.06. The second-order valence-corrected chi connectivity index (χ2v) is 7.46. The Labute approximate surface area is 166 Å². The van der Waals surface area contributed by atoms with Gasteiger partial charge in [0.05, 0.1) is 23.6 Å². The van der Waals surface area contributed by atoms with E-state index in [1.165, 1.54) is 0 Å². The van der Waals surface area contributed by atoms with Crippen LogP contribution in [0.15, 0.2) is 30.5 Å². The lowest BCUT2D eigenvalue weighted by Crippen LogP contribution is -2.35. The summed E-state index contributed by atoms with van der Waals surface area (Å²) in [6.07, 6.45) is 3.86. The van der Waals surface area contributed by atoms with Gasteiger partial charge >= 0.3 is 0 Å². The van der Waals surface area contributed by atoms with Crippen molar-refractivity contribution in [3.63, 3.8) is 0 Å². The molecule has 0 radical (unpaired) electrons. The second-order valence-electron chi connectivity index (χ2n) is 7.46. The molecule has 27 heavy (non-hydrogen) atoms. The molecule has 2 aliphatic rings. The summed E-state index contributed by atoms with van der Waals surface area (Å²) in [6.45, 7) is 5.74. The van der Waals surface area contributed by atoms with Crippen molar-refractivity contribution in [3.05, 3.63) is 36.2 Å². The fraction of sp³-hybridized carbons (Fsp3) is 0.526. The van der Waals surface area contributed by atoms with Gasteiger partial charge in [-0.1, -0.05) is 24.3 Å². The molecule has 1 atom stereocenters. The molecule has 2 aliphatic heterocycles. The molecule has 8 heteroatoms. The molecule has 0 spiro atoms. The van der Waals surface area contributed by atoms with Gasteiger partial charge in [0.25, 0.3) is 5.91 Å². The Morgan fingerprint density at radius 3 is 2.59 bits per heavy atom. The van der Waals surface area contributed by atoms with Gasteiger partial charge in [0.1, 0.15) is 0 Å². The van der Waals surface area contributed by atoms with E-state index < -0.39 is 0 Å². The Balaban J connectivity index is 0.00000210. The van der Waals surface area contributed by atoms with E-state index in [-0.39, 0.29) is 18.3 Å². The lowest BCUT2D eigenvalue weighted by molar-refractivity contribution is 0.0979. The van der Waals surface area contributed by atoms with E-state index in [1.807, 2.05) is 34.0 Å². The molecule has 0 bridgehead atoms. The molecule has 7 nitrogen and oxygen atoms in total. The van der Waals surface area contributed by atoms with Crippen molar-refractivity contribution in [2.24, 2.45) is 5.92 Å². The van der Waals surface area contributed by atoms with E-state index in [4.69, 9.17) is 0 Å². The minimum atomic E-state index is -0.0696. The zero-order valence-corrected chi connectivity index (χ0v) is 16.7. The number of nitrogens with one attached hydrogen (secondary N) is 1. The molecule has 1 fully saturated rings. The number of rotatable bonds is 2. The number of anilines is 2. The van der Waals surface area contributed by atoms with Gasteiger partial charge in [0.15, 0.2) is 5.69 Å². The average Bonchev–Trinajstić information content (AvgIpc) is 3.12. The Morgan fingerprint density at radius 2 is 1.85 bits per heavy atom. The van der Waals surface area contributed by atoms with Crippen molar-refractivity contribution in [2.45, 2.75) is 25.8 Å². The third-order valence-corrected chi connectivity index (χ3v) is 5.32. The fourth-order valence-electron chi connectivity index (χ4n) is 4.00. The van der Waals surface area contributed by atoms with Crippen LogP contribution in [0.25, 0.3) is 0 Å². The Bertz CT molecular complexity index is 788. The van der Waals surface area contributed by atoms with Crippen LogP contribution in [0.4, 0.5) is 11.4 Å². The first-order valence-corrected chi connectivity index (χ1v) is 9.38. The first-order valence-electron chi connectivity index (χ1n) is 9.38. The maximum absolute atomic E-state index is 13.2. The van der Waals surface area contributed by atoms with E-state index in [9.17, 15) is 4.79 Å². The van der Waals surface area contributed by atoms with Crippen LogP contribution >= 0.6 is 12.4 Å². The van der Waals surface area contributed by atoms with Gasteiger partial charge in [0, 0.05) is 20.1 Å². The highest BCUT2D eigenvalue weighted by Crippen LogP contribution is 2.33. The smallest absolute Gasteiger partial charge is 0.280 e. The summed E-state index contributed by atoms with van der Waals surface area (Å²) in [6, 6.07) is 8.40. The van der Waals surface area contributed by atoms with Crippen LogP contribution in [-0.4, -0.2) is 54.1 Å². The topological polar surface area (TPSA) is 66.3 Å². The molecule has 1 unspecified atom stereocenters. The minimum Gasteiger partial charge on any atom is -0.373 e. The number of piperidine rings is 1. The molecule has 1 aromatic carbocycles. The number of carbonyl (C=O) groups excluding carboxylic acids is 1. The third-order valence-electron chi connectivity index (χ3n) is 5.32. The molecule has 1 aromatic heterocycles. The highest BCUT2D eigenvalue weighted by Gasteiger charge is 2.29. The third kappa shape index (κ3) is 3.94. The van der Waals surface area contributed by atoms with E-state index in [1.54, 1.807) is 0 Å². The van der Waals surface area contributed by atoms with Gasteiger partial charge in [-0.3, -0.25) is 4.79 Å². The van der Waals surface area contributed by atoms with Crippen LogP contribution in [0.5, 0.6) is 0 Å². The number of hydrogen-bond acceptors (Lipinski definition) is 5. The summed E-state index contributed by atoms with van der Waals surface area (Å²) in [5.74, 6) is 0.301. The van der Waals surface area contributed by atoms with Crippen molar-refractivity contribution < 1.29 is 4.79 Å². The van der Waals surface area contributed by atoms with Crippen LogP contribution in [0.1, 0.15) is 36.3 Å². The van der Waals surface area contributed by atoms with Crippen molar-refractivity contribution in [2.75, 3.05) is 43.0 Å². The van der Waals surface area contributed by atoms with Gasteiger partial charge in [-0.2, -0.15) is 0 Å². The Kier molecular flexibility index (Phi) is 6.01. The largest absolute Gasteiger partial charge is 0.373 e. The summed E-state index contributed by atoms with van der Waals surface area (Å²) in [4.78, 5) is 17.3. The number of halogens is 1. The molecule has 2 aromatic rings. The van der Waals surface area contributed by atoms with Crippen LogP contribution in [0.3, 0.4) is 0 Å². The number of nitrogens with zero attached hydrogens (tertiary/aromatic N) is 5. The van der Waals surface area contributed by atoms with Gasteiger partial charge in [0.2, 0.25) is 0 Å². The highest BCUT2D eigenvalue weighted by atomic mass is 35.5. The number of fused-ring (bicyclic) bond motifs is 1. The van der Waals surface area contributed by atoms with Crippen LogP contribution in [0.2, 0.25) is 0 Å². The normalized spacial score (nSPS) is 20.6. The summed E-state index contributed by atoms with van der Waals surface area (Å²) in [5, 5.41) is 11.8. The zero-order valence-electron chi connectivity index (χ0n) is 15.8. The summed E-state index contributed by atoms with van der Waals surface area (Å²) < 4.78 is 1.87. The predicted molar refractivity (Wildman–Crippen MR) is 109 cm³/mol. The van der Waals surface area contributed by atoms with Crippen LogP contribution in [-0.2, 0) is 0 Å². The Morgan fingerprint density at radius 1 is 1.15 bits per heavy atom. The summed E-state index contributed by atoms with van der Waals surface area (Å²) in [5.41, 5.74) is 2.45. The number of benzene rings is 1. The molecular formula is C19H27ClN6O.